The van der Waals surface area contributed by atoms with Gasteiger partial charge in [0.25, 0.3) is 10.0 Å². The van der Waals surface area contributed by atoms with Gasteiger partial charge >= 0.3 is 5.97 Å². The van der Waals surface area contributed by atoms with E-state index in [1.165, 1.54) is 27.4 Å². The fraction of sp³-hybridized carbons (Fsp3) is 0.211. The lowest BCUT2D eigenvalue weighted by atomic mass is 10.2. The molecule has 2 aromatic heterocycles. The van der Waals surface area contributed by atoms with Gasteiger partial charge in [-0.3, -0.25) is 9.10 Å². The predicted octanol–water partition coefficient (Wildman–Crippen LogP) is 4.05. The Balaban J connectivity index is 1.69. The van der Waals surface area contributed by atoms with Crippen LogP contribution >= 0.6 is 23.1 Å². The van der Waals surface area contributed by atoms with Crippen molar-refractivity contribution in [1.29, 1.82) is 0 Å². The first-order valence-corrected chi connectivity index (χ1v) is 11.9. The van der Waals surface area contributed by atoms with Crippen LogP contribution in [0.1, 0.15) is 17.5 Å². The van der Waals surface area contributed by atoms with Gasteiger partial charge in [-0.2, -0.15) is 0 Å². The average molecular weight is 450 g/mol. The highest BCUT2D eigenvalue weighted by Gasteiger charge is 2.28. The molecule has 0 spiro atoms. The number of para-hydroxylation sites is 1. The minimum atomic E-state index is -3.64. The number of hydrogen-bond donors (Lipinski definition) is 2. The highest BCUT2D eigenvalue weighted by Crippen LogP contribution is 2.45. The summed E-state index contributed by atoms with van der Waals surface area (Å²) in [4.78, 5) is 17.1. The number of aromatic nitrogens is 1. The van der Waals surface area contributed by atoms with Crippen LogP contribution in [0.2, 0.25) is 0 Å². The molecule has 3 aromatic rings. The number of rotatable bonds is 6. The van der Waals surface area contributed by atoms with E-state index in [-0.39, 0.29) is 16.0 Å². The Labute approximate surface area is 176 Å². The summed E-state index contributed by atoms with van der Waals surface area (Å²) in [5.74, 6) is -0.864. The van der Waals surface area contributed by atoms with E-state index in [9.17, 15) is 13.2 Å². The molecule has 29 heavy (non-hydrogen) atoms. The van der Waals surface area contributed by atoms with Crippen molar-refractivity contribution in [3.05, 3.63) is 58.6 Å². The lowest BCUT2D eigenvalue weighted by molar-refractivity contribution is -0.136. The zero-order valence-corrected chi connectivity index (χ0v) is 18.1. The Hall–Kier alpha value is -2.43. The van der Waals surface area contributed by atoms with Gasteiger partial charge in [0, 0.05) is 36.3 Å². The van der Waals surface area contributed by atoms with Crippen molar-refractivity contribution in [3.63, 3.8) is 0 Å². The van der Waals surface area contributed by atoms with Crippen LogP contribution in [0.5, 0.6) is 0 Å². The van der Waals surface area contributed by atoms with Crippen LogP contribution in [-0.2, 0) is 14.8 Å². The molecule has 0 amide bonds. The third-order valence-electron chi connectivity index (χ3n) is 4.68. The number of aliphatic carboxylic acids is 1. The van der Waals surface area contributed by atoms with Gasteiger partial charge in [0.1, 0.15) is 9.58 Å². The fourth-order valence-corrected chi connectivity index (χ4v) is 6.87. The maximum atomic E-state index is 12.9. The zero-order valence-electron chi connectivity index (χ0n) is 15.7. The molecule has 1 atom stereocenters. The van der Waals surface area contributed by atoms with E-state index < -0.39 is 16.0 Å². The highest BCUT2D eigenvalue weighted by molar-refractivity contribution is 8.03. The number of hydrogen-bond acceptors (Lipinski definition) is 6. The van der Waals surface area contributed by atoms with Crippen LogP contribution in [0.4, 0.5) is 5.69 Å². The van der Waals surface area contributed by atoms with Gasteiger partial charge in [-0.1, -0.05) is 30.0 Å². The van der Waals surface area contributed by atoms with Gasteiger partial charge < -0.3 is 15.0 Å². The monoisotopic (exact) mass is 449 g/mol. The quantitative estimate of drug-likeness (QED) is 0.590. The first-order valence-electron chi connectivity index (χ1n) is 8.72. The number of carboxylic acid groups (broad SMARTS) is 1. The van der Waals surface area contributed by atoms with Gasteiger partial charge in [-0.25, -0.2) is 8.42 Å². The SMILES string of the molecule is CN1C=C(CC(=O)O)SC1c1cc2cccc(N(C)S(=O)(=O)c3cccs3)c2[nH]1. The maximum Gasteiger partial charge on any atom is 0.308 e. The van der Waals surface area contributed by atoms with E-state index in [4.69, 9.17) is 5.11 Å². The van der Waals surface area contributed by atoms with E-state index >= 15 is 0 Å². The number of nitrogens with one attached hydrogen (secondary N) is 1. The number of thioether (sulfide) groups is 1. The molecule has 4 rings (SSSR count). The number of fused-ring (bicyclic) bond motifs is 1. The summed E-state index contributed by atoms with van der Waals surface area (Å²) in [7, 11) is -0.198. The summed E-state index contributed by atoms with van der Waals surface area (Å²) >= 11 is 2.66. The molecule has 10 heteroatoms. The summed E-state index contributed by atoms with van der Waals surface area (Å²) in [6, 6.07) is 10.8. The Morgan fingerprint density at radius 2 is 2.10 bits per heavy atom. The largest absolute Gasteiger partial charge is 0.481 e. The molecule has 1 aliphatic heterocycles. The topological polar surface area (TPSA) is 93.7 Å². The first kappa shape index (κ1) is 19.9. The lowest BCUT2D eigenvalue weighted by Gasteiger charge is -2.20. The van der Waals surface area contributed by atoms with Crippen LogP contribution in [0.3, 0.4) is 0 Å². The summed E-state index contributed by atoms with van der Waals surface area (Å²) in [6.45, 7) is 0. The number of H-pyrrole nitrogens is 1. The number of carbonyl (C=O) groups is 1. The number of thiophene rings is 1. The standard InChI is InChI=1S/C19H19N3O4S3/c1-21-11-13(10-16(23)24)28-19(21)14-9-12-5-3-6-15(18(12)20-14)22(2)29(25,26)17-7-4-8-27-17/h3-9,11,19-20H,10H2,1-2H3,(H,23,24). The van der Waals surface area contributed by atoms with Crippen molar-refractivity contribution in [2.45, 2.75) is 16.0 Å². The van der Waals surface area contributed by atoms with Crippen LogP contribution < -0.4 is 4.31 Å². The van der Waals surface area contributed by atoms with Crippen LogP contribution in [0.25, 0.3) is 10.9 Å². The molecule has 1 aromatic carbocycles. The maximum absolute atomic E-state index is 12.9. The summed E-state index contributed by atoms with van der Waals surface area (Å²) < 4.78 is 27.5. The Morgan fingerprint density at radius 1 is 1.31 bits per heavy atom. The summed E-state index contributed by atoms with van der Waals surface area (Å²) in [6.07, 6.45) is 1.82. The summed E-state index contributed by atoms with van der Waals surface area (Å²) in [5, 5.41) is 11.6. The molecule has 0 bridgehead atoms. The zero-order chi connectivity index (χ0) is 20.8. The highest BCUT2D eigenvalue weighted by atomic mass is 32.2. The second-order valence-corrected chi connectivity index (χ2v) is 11.0. The van der Waals surface area contributed by atoms with Gasteiger partial charge in [0.05, 0.1) is 17.6 Å². The van der Waals surface area contributed by atoms with Gasteiger partial charge in [-0.05, 0) is 23.6 Å². The van der Waals surface area contributed by atoms with Crippen molar-refractivity contribution in [2.75, 3.05) is 18.4 Å². The molecule has 0 radical (unpaired) electrons. The number of aromatic amines is 1. The van der Waals surface area contributed by atoms with Gasteiger partial charge in [0.2, 0.25) is 0 Å². The van der Waals surface area contributed by atoms with Crippen molar-refractivity contribution in [3.8, 4) is 0 Å². The molecule has 0 fully saturated rings. The van der Waals surface area contributed by atoms with Crippen LogP contribution in [0.15, 0.2) is 57.1 Å². The Morgan fingerprint density at radius 3 is 2.79 bits per heavy atom. The number of anilines is 1. The van der Waals surface area contributed by atoms with E-state index in [0.29, 0.717) is 5.69 Å². The first-order chi connectivity index (χ1) is 13.8. The minimum absolute atomic E-state index is 0.0151. The normalized spacial score (nSPS) is 17.0. The molecule has 2 N–H and O–H groups in total. The Bertz CT molecular complexity index is 1200. The van der Waals surface area contributed by atoms with Gasteiger partial charge in [0.15, 0.2) is 0 Å². The van der Waals surface area contributed by atoms with Crippen molar-refractivity contribution >= 4 is 55.7 Å². The second kappa shape index (κ2) is 7.43. The molecule has 1 aliphatic rings. The lowest BCUT2D eigenvalue weighted by Crippen LogP contribution is -2.26. The molecule has 3 heterocycles. The molecule has 152 valence electrons. The van der Waals surface area contributed by atoms with E-state index in [1.54, 1.807) is 30.6 Å². The average Bonchev–Trinajstić information content (AvgIpc) is 3.39. The third-order valence-corrected chi connectivity index (χ3v) is 9.18. The van der Waals surface area contributed by atoms with Crippen LogP contribution in [-0.4, -0.2) is 43.5 Å². The van der Waals surface area contributed by atoms with Crippen molar-refractivity contribution in [1.82, 2.24) is 9.88 Å². The summed E-state index contributed by atoms with van der Waals surface area (Å²) in [5.41, 5.74) is 2.18. The van der Waals surface area contributed by atoms with Gasteiger partial charge in [-0.15, -0.1) is 11.3 Å². The molecule has 0 saturated heterocycles. The number of carboxylic acids is 1. The number of nitrogens with zero attached hydrogens (tertiary/aromatic N) is 2. The number of sulfonamides is 1. The Kier molecular flexibility index (Phi) is 5.09. The molecule has 1 unspecified atom stereocenters. The second-order valence-electron chi connectivity index (χ2n) is 6.67. The fourth-order valence-electron chi connectivity index (χ4n) is 3.30. The molecular formula is C19H19N3O4S3. The van der Waals surface area contributed by atoms with E-state index in [0.717, 1.165) is 21.5 Å². The van der Waals surface area contributed by atoms with E-state index in [2.05, 4.69) is 4.98 Å². The third kappa shape index (κ3) is 3.63. The van der Waals surface area contributed by atoms with E-state index in [1.807, 2.05) is 36.3 Å². The number of benzene rings is 1. The molecular weight excluding hydrogens is 430 g/mol. The smallest absolute Gasteiger partial charge is 0.308 e. The minimum Gasteiger partial charge on any atom is -0.481 e. The van der Waals surface area contributed by atoms with Crippen LogP contribution in [0, 0.1) is 0 Å². The molecule has 7 nitrogen and oxygen atoms in total. The predicted molar refractivity (Wildman–Crippen MR) is 117 cm³/mol. The molecule has 0 aliphatic carbocycles. The molecule has 0 saturated carbocycles. The van der Waals surface area contributed by atoms with Crippen molar-refractivity contribution in [2.24, 2.45) is 0 Å². The van der Waals surface area contributed by atoms with Crippen molar-refractivity contribution < 1.29 is 18.3 Å².